The van der Waals surface area contributed by atoms with E-state index in [9.17, 15) is 14.4 Å². The first-order chi connectivity index (χ1) is 14.5. The van der Waals surface area contributed by atoms with Gasteiger partial charge in [-0.25, -0.2) is 0 Å². The van der Waals surface area contributed by atoms with E-state index in [-0.39, 0.29) is 9.90 Å². The van der Waals surface area contributed by atoms with E-state index in [4.69, 9.17) is 0 Å². The molecule has 0 aliphatic heterocycles. The van der Waals surface area contributed by atoms with E-state index in [1.165, 1.54) is 14.0 Å². The number of nitrogens with zero attached hydrogens (tertiary/aromatic N) is 3. The Morgan fingerprint density at radius 1 is 0.452 bits per heavy atom. The number of para-hydroxylation sites is 3. The van der Waals surface area contributed by atoms with E-state index in [0.717, 1.165) is 36.3 Å². The van der Waals surface area contributed by atoms with E-state index in [2.05, 4.69) is 28.2 Å². The highest BCUT2D eigenvalue weighted by Crippen LogP contribution is 2.15. The first-order valence-corrected chi connectivity index (χ1v) is 10.2. The van der Waals surface area contributed by atoms with E-state index < -0.39 is 0 Å². The Labute approximate surface area is 193 Å². The van der Waals surface area contributed by atoms with Crippen LogP contribution in [0.4, 0.5) is 17.1 Å². The van der Waals surface area contributed by atoms with Crippen molar-refractivity contribution in [1.82, 2.24) is 0 Å². The second kappa shape index (κ2) is 17.5. The zero-order chi connectivity index (χ0) is 22.2. The molecule has 6 nitrogen and oxygen atoms in total. The topological polar surface area (TPSA) is 60.9 Å². The molecular formula is C21H27N3O3P4. The molecule has 4 unspecified atom stereocenters. The fourth-order valence-electron chi connectivity index (χ4n) is 1.98. The molecule has 164 valence electrons. The smallest absolute Gasteiger partial charge is 0.217 e. The number of benzene rings is 3. The van der Waals surface area contributed by atoms with Gasteiger partial charge in [0.2, 0.25) is 19.2 Å². The average molecular weight is 493 g/mol. The first-order valence-electron chi connectivity index (χ1n) is 8.66. The number of rotatable bonds is 6. The van der Waals surface area contributed by atoms with E-state index in [0.29, 0.717) is 0 Å². The van der Waals surface area contributed by atoms with Crippen molar-refractivity contribution in [3.05, 3.63) is 91.0 Å². The van der Waals surface area contributed by atoms with E-state index >= 15 is 0 Å². The van der Waals surface area contributed by atoms with Gasteiger partial charge in [-0.2, -0.15) is 9.90 Å². The molecule has 3 rings (SSSR count). The lowest BCUT2D eigenvalue weighted by Gasteiger charge is -2.08. The number of carbonyl (C=O) groups is 3. The van der Waals surface area contributed by atoms with Crippen molar-refractivity contribution in [2.24, 2.45) is 0 Å². The molecule has 0 N–H and O–H groups in total. The lowest BCUT2D eigenvalue weighted by molar-refractivity contribution is -0.107. The van der Waals surface area contributed by atoms with Gasteiger partial charge in [-0.05, 0) is 64.6 Å². The predicted octanol–water partition coefficient (Wildman–Crippen LogP) is 4.38. The van der Waals surface area contributed by atoms with Gasteiger partial charge in [0.05, 0.1) is 0 Å². The van der Waals surface area contributed by atoms with Crippen LogP contribution in [0, 0.1) is 0 Å². The van der Waals surface area contributed by atoms with Gasteiger partial charge in [0.1, 0.15) is 0 Å². The molecule has 3 amide bonds. The highest BCUT2D eigenvalue weighted by molar-refractivity contribution is 7.21. The molecule has 10 heteroatoms. The maximum absolute atomic E-state index is 10.2. The van der Waals surface area contributed by atoms with Crippen molar-refractivity contribution in [1.29, 1.82) is 0 Å². The first kappa shape index (κ1) is 28.8. The minimum absolute atomic E-state index is 0. The second-order valence-electron chi connectivity index (χ2n) is 5.54. The molecule has 0 fully saturated rings. The fraction of sp³-hybridized carbons (Fsp3) is 0. The minimum Gasteiger partial charge on any atom is -0.300 e. The van der Waals surface area contributed by atoms with E-state index in [1.807, 2.05) is 91.0 Å². The summed E-state index contributed by atoms with van der Waals surface area (Å²) in [5.41, 5.74) is 2.63. The number of amides is 3. The number of carbonyl (C=O) groups excluding carboxylic acids is 3. The van der Waals surface area contributed by atoms with Crippen LogP contribution in [0.25, 0.3) is 0 Å². The summed E-state index contributed by atoms with van der Waals surface area (Å²) in [6.07, 6.45) is 2.25. The number of anilines is 3. The fourth-order valence-corrected chi connectivity index (χ4v) is 2.50. The summed E-state index contributed by atoms with van der Waals surface area (Å²) >= 11 is 0. The summed E-state index contributed by atoms with van der Waals surface area (Å²) in [5, 5.41) is 0. The van der Waals surface area contributed by atoms with Crippen LogP contribution < -0.4 is 14.0 Å². The lowest BCUT2D eigenvalue weighted by atomic mass is 10.3. The van der Waals surface area contributed by atoms with Gasteiger partial charge >= 0.3 is 0 Å². The van der Waals surface area contributed by atoms with Crippen LogP contribution >= 0.6 is 38.1 Å². The minimum atomic E-state index is 0. The molecule has 0 saturated heterocycles. The zero-order valence-electron chi connectivity index (χ0n) is 16.9. The van der Waals surface area contributed by atoms with Crippen molar-refractivity contribution in [2.45, 2.75) is 0 Å². The third kappa shape index (κ3) is 11.7. The Morgan fingerprint density at radius 3 is 0.806 bits per heavy atom. The third-order valence-electron chi connectivity index (χ3n) is 3.50. The van der Waals surface area contributed by atoms with Crippen LogP contribution in [0.2, 0.25) is 0 Å². The van der Waals surface area contributed by atoms with Crippen LogP contribution in [-0.2, 0) is 14.4 Å². The summed E-state index contributed by atoms with van der Waals surface area (Å²) in [7, 11) is 6.94. The number of hydrogen-bond acceptors (Lipinski definition) is 3. The molecule has 0 radical (unpaired) electrons. The largest absolute Gasteiger partial charge is 0.300 e. The van der Waals surface area contributed by atoms with Gasteiger partial charge < -0.3 is 0 Å². The molecule has 0 spiro atoms. The van der Waals surface area contributed by atoms with Gasteiger partial charge in [0, 0.05) is 17.1 Å². The highest BCUT2D eigenvalue weighted by atomic mass is 31.0. The summed E-state index contributed by atoms with van der Waals surface area (Å²) < 4.78 is 4.33. The molecule has 0 aliphatic rings. The molecule has 0 bridgehead atoms. The molecule has 3 aromatic rings. The molecule has 0 aliphatic carbocycles. The quantitative estimate of drug-likeness (QED) is 0.379. The zero-order valence-corrected chi connectivity index (χ0v) is 21.8. The maximum Gasteiger partial charge on any atom is 0.217 e. The van der Waals surface area contributed by atoms with Crippen LogP contribution in [-0.4, -0.2) is 19.2 Å². The predicted molar refractivity (Wildman–Crippen MR) is 145 cm³/mol. The lowest BCUT2D eigenvalue weighted by Crippen LogP contribution is -2.03. The molecule has 4 atom stereocenters. The molecule has 31 heavy (non-hydrogen) atoms. The molecular weight excluding hydrogens is 466 g/mol. The van der Waals surface area contributed by atoms with Gasteiger partial charge in [-0.1, -0.05) is 54.6 Å². The van der Waals surface area contributed by atoms with Crippen LogP contribution in [0.5, 0.6) is 0 Å². The van der Waals surface area contributed by atoms with Gasteiger partial charge in [0.15, 0.2) is 0 Å². The molecule has 0 saturated carbocycles. The summed E-state index contributed by atoms with van der Waals surface area (Å²) in [4.78, 5) is 30.6. The van der Waals surface area contributed by atoms with Crippen molar-refractivity contribution in [3.8, 4) is 0 Å². The number of hydrogen-bond donors (Lipinski definition) is 0. The Hall–Kier alpha value is -2.21. The Kier molecular flexibility index (Phi) is 16.2. The van der Waals surface area contributed by atoms with Crippen molar-refractivity contribution in [2.75, 3.05) is 14.0 Å². The van der Waals surface area contributed by atoms with Crippen molar-refractivity contribution < 1.29 is 14.4 Å². The molecule has 0 aromatic heterocycles. The SMILES string of the molecule is O=CN(P)c1ccccc1.O=CN(P)c1ccccc1.O=CN(P)c1ccccc1.P. The normalized spacial score (nSPS) is 8.61. The Morgan fingerprint density at radius 2 is 0.645 bits per heavy atom. The van der Waals surface area contributed by atoms with Crippen LogP contribution in [0.1, 0.15) is 0 Å². The van der Waals surface area contributed by atoms with Crippen molar-refractivity contribution >= 4 is 74.4 Å². The van der Waals surface area contributed by atoms with E-state index in [1.54, 1.807) is 0 Å². The second-order valence-corrected chi connectivity index (χ2v) is 7.21. The summed E-state index contributed by atoms with van der Waals surface area (Å²) in [6.45, 7) is 0. The van der Waals surface area contributed by atoms with Crippen LogP contribution in [0.15, 0.2) is 91.0 Å². The van der Waals surface area contributed by atoms with Gasteiger partial charge in [-0.15, -0.1) is 0 Å². The Balaban J connectivity index is 0.000000429. The standard InChI is InChI=1S/3C7H8NOP.H3P/c3*9-6-8(10)7-4-2-1-3-5-7;/h3*1-6H,10H2;1H3. The summed E-state index contributed by atoms with van der Waals surface area (Å²) in [5.74, 6) is 0. The third-order valence-corrected chi connectivity index (χ3v) is 4.76. The van der Waals surface area contributed by atoms with Crippen molar-refractivity contribution in [3.63, 3.8) is 0 Å². The van der Waals surface area contributed by atoms with Crippen LogP contribution in [0.3, 0.4) is 0 Å². The summed E-state index contributed by atoms with van der Waals surface area (Å²) in [6, 6.07) is 28.2. The maximum atomic E-state index is 10.2. The van der Waals surface area contributed by atoms with Gasteiger partial charge in [-0.3, -0.25) is 28.4 Å². The Bertz CT molecular complexity index is 757. The average Bonchev–Trinajstić information content (AvgIpc) is 2.85. The molecule has 3 aromatic carbocycles. The molecule has 0 heterocycles. The monoisotopic (exact) mass is 493 g/mol. The highest BCUT2D eigenvalue weighted by Gasteiger charge is 1.95. The van der Waals surface area contributed by atoms with Gasteiger partial charge in [0.25, 0.3) is 0 Å².